The first-order valence-electron chi connectivity index (χ1n) is 12.0. The van der Waals surface area contributed by atoms with Gasteiger partial charge in [0.2, 0.25) is 16.0 Å². The Morgan fingerprint density at radius 1 is 1.06 bits per heavy atom. The van der Waals surface area contributed by atoms with Gasteiger partial charge in [0.25, 0.3) is 0 Å². The summed E-state index contributed by atoms with van der Waals surface area (Å²) in [6, 6.07) is 16.7. The molecule has 1 aliphatic heterocycles. The molecule has 0 amide bonds. The van der Waals surface area contributed by atoms with E-state index in [1.165, 1.54) is 31.5 Å². The summed E-state index contributed by atoms with van der Waals surface area (Å²) in [4.78, 5) is 16.3. The predicted molar refractivity (Wildman–Crippen MR) is 143 cm³/mol. The number of anilines is 3. The predicted octanol–water partition coefficient (Wildman–Crippen LogP) is 3.98. The highest BCUT2D eigenvalue weighted by Gasteiger charge is 2.22. The summed E-state index contributed by atoms with van der Waals surface area (Å²) in [7, 11) is -3.74. The third-order valence-electron chi connectivity index (χ3n) is 6.55. The van der Waals surface area contributed by atoms with Gasteiger partial charge in [-0.15, -0.1) is 0 Å². The Bertz CT molecular complexity index is 1460. The number of likely N-dealkylation sites (tertiary alicyclic amines) is 1. The quantitative estimate of drug-likeness (QED) is 0.330. The van der Waals surface area contributed by atoms with Crippen LogP contribution in [0.5, 0.6) is 0 Å². The van der Waals surface area contributed by atoms with Crippen molar-refractivity contribution in [3.63, 3.8) is 0 Å². The monoisotopic (exact) mass is 503 g/mol. The number of nitrogens with one attached hydrogen (secondary N) is 2. The number of hydrogen-bond acceptors (Lipinski definition) is 8. The maximum atomic E-state index is 11.5. The zero-order valence-corrected chi connectivity index (χ0v) is 20.9. The second-order valence-corrected chi connectivity index (χ2v) is 10.4. The van der Waals surface area contributed by atoms with E-state index < -0.39 is 10.0 Å². The van der Waals surface area contributed by atoms with Gasteiger partial charge in [-0.1, -0.05) is 25.1 Å². The average molecular weight is 504 g/mol. The summed E-state index contributed by atoms with van der Waals surface area (Å²) in [5, 5.41) is 12.7. The molecule has 3 heterocycles. The van der Waals surface area contributed by atoms with E-state index in [-0.39, 0.29) is 4.90 Å². The number of likely N-dealkylation sites (N-methyl/N-ethyl adjacent to an activating group) is 1. The van der Waals surface area contributed by atoms with Gasteiger partial charge in [-0.2, -0.15) is 0 Å². The smallest absolute Gasteiger partial charge is 0.238 e. The first kappa shape index (κ1) is 24.1. The molecule has 0 unspecified atom stereocenters. The molecule has 5 rings (SSSR count). The van der Waals surface area contributed by atoms with E-state index in [1.807, 2.05) is 30.5 Å². The van der Waals surface area contributed by atoms with E-state index >= 15 is 0 Å². The molecule has 36 heavy (non-hydrogen) atoms. The number of pyridine rings is 1. The number of fused-ring (bicyclic) bond motifs is 1. The number of hydrogen-bond donors (Lipinski definition) is 3. The number of sulfonamides is 1. The van der Waals surface area contributed by atoms with Gasteiger partial charge in [-0.25, -0.2) is 28.5 Å². The minimum absolute atomic E-state index is 0.0473. The van der Waals surface area contributed by atoms with Crippen molar-refractivity contribution >= 4 is 38.4 Å². The van der Waals surface area contributed by atoms with Crippen molar-refractivity contribution in [2.45, 2.75) is 30.7 Å². The Labute approximate surface area is 210 Å². The third kappa shape index (κ3) is 5.30. The summed E-state index contributed by atoms with van der Waals surface area (Å²) in [5.41, 5.74) is 3.36. The van der Waals surface area contributed by atoms with E-state index in [4.69, 9.17) is 10.1 Å². The number of nitrogens with zero attached hydrogens (tertiary/aromatic N) is 4. The molecule has 4 aromatic rings. The normalized spacial score (nSPS) is 16.3. The van der Waals surface area contributed by atoms with Crippen LogP contribution in [0.3, 0.4) is 0 Å². The van der Waals surface area contributed by atoms with Gasteiger partial charge in [0, 0.05) is 47.2 Å². The molecule has 0 spiro atoms. The van der Waals surface area contributed by atoms with Gasteiger partial charge in [0.15, 0.2) is 0 Å². The van der Waals surface area contributed by atoms with Crippen molar-refractivity contribution in [1.29, 1.82) is 0 Å². The molecule has 4 N–H and O–H groups in total. The molecule has 186 valence electrons. The minimum Gasteiger partial charge on any atom is -0.369 e. The summed E-state index contributed by atoms with van der Waals surface area (Å²) in [6.07, 6.45) is 6.11. The molecule has 1 atom stereocenters. The lowest BCUT2D eigenvalue weighted by molar-refractivity contribution is 0.277. The molecule has 0 aliphatic carbocycles. The van der Waals surface area contributed by atoms with Crippen LogP contribution in [0, 0.1) is 0 Å². The van der Waals surface area contributed by atoms with Crippen LogP contribution in [0.15, 0.2) is 71.9 Å². The van der Waals surface area contributed by atoms with E-state index in [1.54, 1.807) is 18.3 Å². The van der Waals surface area contributed by atoms with Gasteiger partial charge in [0.05, 0.1) is 10.4 Å². The fourth-order valence-corrected chi connectivity index (χ4v) is 5.14. The molecule has 2 aromatic carbocycles. The maximum absolute atomic E-state index is 11.5. The van der Waals surface area contributed by atoms with Crippen LogP contribution < -0.4 is 15.8 Å². The maximum Gasteiger partial charge on any atom is 0.238 e. The second kappa shape index (κ2) is 10.2. The molecule has 9 nitrogen and oxygen atoms in total. The Kier molecular flexibility index (Phi) is 6.82. The number of primary sulfonamides is 1. The van der Waals surface area contributed by atoms with Gasteiger partial charge < -0.3 is 10.6 Å². The van der Waals surface area contributed by atoms with Gasteiger partial charge in [-0.05, 0) is 62.3 Å². The van der Waals surface area contributed by atoms with Crippen LogP contribution in [-0.4, -0.2) is 53.9 Å². The number of benzene rings is 2. The van der Waals surface area contributed by atoms with Crippen LogP contribution in [-0.2, 0) is 10.0 Å². The number of rotatable bonds is 8. The van der Waals surface area contributed by atoms with Crippen LogP contribution in [0.1, 0.15) is 19.8 Å². The molecular formula is C26H29N7O2S. The standard InChI is InChI=1S/C26H29N7O2S/c1-2-33-14-4-6-21(33)17-29-24-13-8-18(15-28-24)23-7-3-5-19-16-30-26(32-25(19)23)31-20-9-11-22(12-10-20)36(27,34)35/h3,5,7-13,15-16,21H,2,4,6,14,17H2,1H3,(H,28,29)(H2,27,34,35)(H,30,31,32)/t21-/m1/s1. The molecule has 10 heteroatoms. The van der Waals surface area contributed by atoms with Crippen molar-refractivity contribution in [2.75, 3.05) is 30.3 Å². The number of aromatic nitrogens is 3. The summed E-state index contributed by atoms with van der Waals surface area (Å²) in [6.45, 7) is 5.37. The van der Waals surface area contributed by atoms with E-state index in [0.29, 0.717) is 17.7 Å². The van der Waals surface area contributed by atoms with Gasteiger partial charge in [-0.3, -0.25) is 4.90 Å². The zero-order valence-electron chi connectivity index (χ0n) is 20.1. The number of para-hydroxylation sites is 1. The highest BCUT2D eigenvalue weighted by molar-refractivity contribution is 7.89. The fraction of sp³-hybridized carbons (Fsp3) is 0.269. The molecule has 0 saturated carbocycles. The molecular weight excluding hydrogens is 474 g/mol. The van der Waals surface area contributed by atoms with Crippen LogP contribution in [0.25, 0.3) is 22.0 Å². The van der Waals surface area contributed by atoms with Crippen LogP contribution in [0.2, 0.25) is 0 Å². The lowest BCUT2D eigenvalue weighted by Crippen LogP contribution is -2.34. The topological polar surface area (TPSA) is 126 Å². The van der Waals surface area contributed by atoms with E-state index in [9.17, 15) is 8.42 Å². The van der Waals surface area contributed by atoms with E-state index in [0.717, 1.165) is 40.9 Å². The molecule has 1 aliphatic rings. The summed E-state index contributed by atoms with van der Waals surface area (Å²) >= 11 is 0. The lowest BCUT2D eigenvalue weighted by atomic mass is 10.0. The molecule has 0 bridgehead atoms. The average Bonchev–Trinajstić information content (AvgIpc) is 3.35. The number of nitrogens with two attached hydrogens (primary N) is 1. The Morgan fingerprint density at radius 3 is 2.61 bits per heavy atom. The first-order chi connectivity index (χ1) is 17.4. The third-order valence-corrected chi connectivity index (χ3v) is 7.48. The summed E-state index contributed by atoms with van der Waals surface area (Å²) < 4.78 is 23.0. The zero-order chi connectivity index (χ0) is 25.1. The van der Waals surface area contributed by atoms with Crippen LogP contribution in [0.4, 0.5) is 17.5 Å². The molecule has 1 fully saturated rings. The molecule has 1 saturated heterocycles. The minimum atomic E-state index is -3.74. The highest BCUT2D eigenvalue weighted by atomic mass is 32.2. The SMILES string of the molecule is CCN1CCC[C@@H]1CNc1ccc(-c2cccc3cnc(Nc4ccc(S(N)(=O)=O)cc4)nc23)cn1. The lowest BCUT2D eigenvalue weighted by Gasteiger charge is -2.23. The van der Waals surface area contributed by atoms with Crippen molar-refractivity contribution in [3.8, 4) is 11.1 Å². The van der Waals surface area contributed by atoms with Crippen molar-refractivity contribution in [1.82, 2.24) is 19.9 Å². The van der Waals surface area contributed by atoms with Crippen LogP contribution >= 0.6 is 0 Å². The van der Waals surface area contributed by atoms with Crippen molar-refractivity contribution in [3.05, 3.63) is 67.0 Å². The largest absolute Gasteiger partial charge is 0.369 e. The van der Waals surface area contributed by atoms with Crippen molar-refractivity contribution < 1.29 is 8.42 Å². The first-order valence-corrected chi connectivity index (χ1v) is 13.6. The second-order valence-electron chi connectivity index (χ2n) is 8.87. The van der Waals surface area contributed by atoms with Crippen molar-refractivity contribution in [2.24, 2.45) is 5.14 Å². The highest BCUT2D eigenvalue weighted by Crippen LogP contribution is 2.28. The Balaban J connectivity index is 1.34. The van der Waals surface area contributed by atoms with Gasteiger partial charge >= 0.3 is 0 Å². The summed E-state index contributed by atoms with van der Waals surface area (Å²) in [5.74, 6) is 1.27. The Hall–Kier alpha value is -3.60. The molecule has 0 radical (unpaired) electrons. The van der Waals surface area contributed by atoms with E-state index in [2.05, 4.69) is 38.5 Å². The van der Waals surface area contributed by atoms with Gasteiger partial charge in [0.1, 0.15) is 5.82 Å². The molecule has 2 aromatic heterocycles. The Morgan fingerprint density at radius 2 is 1.89 bits per heavy atom. The fourth-order valence-electron chi connectivity index (χ4n) is 4.63.